The van der Waals surface area contributed by atoms with Gasteiger partial charge in [0.15, 0.2) is 0 Å². The molecule has 1 aliphatic heterocycles. The van der Waals surface area contributed by atoms with Gasteiger partial charge in [-0.1, -0.05) is 50.8 Å². The Bertz CT molecular complexity index is 1030. The number of ether oxygens (including phenoxy) is 1. The van der Waals surface area contributed by atoms with Gasteiger partial charge in [0.05, 0.1) is 4.91 Å². The second-order valence-corrected chi connectivity index (χ2v) is 8.26. The molecule has 1 saturated heterocycles. The monoisotopic (exact) mass is 436 g/mol. The number of hydrogen-bond donors (Lipinski definition) is 1. The largest absolute Gasteiger partial charge is 0.490 e. The number of carbonyl (C=O) groups excluding carboxylic acids is 3. The van der Waals surface area contributed by atoms with Crippen LogP contribution in [0.25, 0.3) is 6.08 Å². The van der Waals surface area contributed by atoms with E-state index in [1.54, 1.807) is 30.4 Å². The molecule has 0 radical (unpaired) electrons. The normalized spacial score (nSPS) is 14.9. The molecule has 3 rings (SSSR count). The van der Waals surface area contributed by atoms with Gasteiger partial charge >= 0.3 is 0 Å². The molecule has 2 aromatic rings. The van der Waals surface area contributed by atoms with Crippen molar-refractivity contribution in [3.63, 3.8) is 0 Å². The number of nitrogens with zero attached hydrogens (tertiary/aromatic N) is 1. The molecule has 1 fully saturated rings. The van der Waals surface area contributed by atoms with E-state index >= 15 is 0 Å². The second-order valence-electron chi connectivity index (χ2n) is 7.26. The molecule has 0 unspecified atom stereocenters. The third-order valence-corrected chi connectivity index (χ3v) is 5.47. The maximum Gasteiger partial charge on any atom is 0.294 e. The molecule has 6 nitrogen and oxygen atoms in total. The number of amides is 3. The van der Waals surface area contributed by atoms with Gasteiger partial charge in [-0.3, -0.25) is 19.3 Å². The van der Waals surface area contributed by atoms with E-state index in [1.165, 1.54) is 0 Å². The molecule has 2 aromatic carbocycles. The van der Waals surface area contributed by atoms with E-state index in [9.17, 15) is 14.4 Å². The third kappa shape index (κ3) is 5.86. The SMILES string of the molecule is C=CCOc1cccc(/C=C2/SC(=O)N(CC(=O)Nc3ccc(C(C)C)cc3)C2=O)c1. The average molecular weight is 437 g/mol. The molecule has 0 spiro atoms. The van der Waals surface area contributed by atoms with Gasteiger partial charge in [0, 0.05) is 5.69 Å². The first-order chi connectivity index (χ1) is 14.9. The lowest BCUT2D eigenvalue weighted by atomic mass is 10.0. The van der Waals surface area contributed by atoms with Gasteiger partial charge in [0.2, 0.25) is 5.91 Å². The Morgan fingerprint density at radius 2 is 1.94 bits per heavy atom. The molecule has 0 aliphatic carbocycles. The molecule has 3 amide bonds. The van der Waals surface area contributed by atoms with E-state index in [4.69, 9.17) is 4.74 Å². The molecule has 1 N–H and O–H groups in total. The van der Waals surface area contributed by atoms with Crippen molar-refractivity contribution in [2.45, 2.75) is 19.8 Å². The molecule has 0 saturated carbocycles. The molecular weight excluding hydrogens is 412 g/mol. The first kappa shape index (κ1) is 22.4. The number of carbonyl (C=O) groups is 3. The second kappa shape index (κ2) is 10.1. The van der Waals surface area contributed by atoms with Crippen molar-refractivity contribution in [1.82, 2.24) is 4.90 Å². The highest BCUT2D eigenvalue weighted by atomic mass is 32.2. The number of hydrogen-bond acceptors (Lipinski definition) is 5. The van der Waals surface area contributed by atoms with Crippen LogP contribution in [0, 0.1) is 0 Å². The van der Waals surface area contributed by atoms with Crippen molar-refractivity contribution in [2.24, 2.45) is 0 Å². The minimum absolute atomic E-state index is 0.264. The maximum absolute atomic E-state index is 12.7. The zero-order valence-electron chi connectivity index (χ0n) is 17.5. The van der Waals surface area contributed by atoms with E-state index in [-0.39, 0.29) is 11.4 Å². The van der Waals surface area contributed by atoms with Crippen molar-refractivity contribution in [3.05, 3.63) is 77.2 Å². The number of nitrogens with one attached hydrogen (secondary N) is 1. The first-order valence-corrected chi connectivity index (χ1v) is 10.7. The standard InChI is InChI=1S/C24H24N2O4S/c1-4-12-30-20-7-5-6-17(13-20)14-21-23(28)26(24(29)31-21)15-22(27)25-19-10-8-18(9-11-19)16(2)3/h4-11,13-14,16H,1,12,15H2,2-3H3,(H,25,27)/b21-14+. The number of benzene rings is 2. The minimum atomic E-state index is -0.488. The average Bonchev–Trinajstić information content (AvgIpc) is 3.00. The van der Waals surface area contributed by atoms with Crippen LogP contribution in [0.4, 0.5) is 10.5 Å². The fourth-order valence-electron chi connectivity index (χ4n) is 2.93. The van der Waals surface area contributed by atoms with E-state index in [0.717, 1.165) is 27.8 Å². The molecule has 0 atom stereocenters. The zero-order valence-corrected chi connectivity index (χ0v) is 18.3. The van der Waals surface area contributed by atoms with E-state index in [0.29, 0.717) is 24.0 Å². The quantitative estimate of drug-likeness (QED) is 0.463. The van der Waals surface area contributed by atoms with E-state index in [2.05, 4.69) is 25.7 Å². The summed E-state index contributed by atoms with van der Waals surface area (Å²) in [4.78, 5) is 38.6. The van der Waals surface area contributed by atoms with Crippen LogP contribution < -0.4 is 10.1 Å². The number of anilines is 1. The summed E-state index contributed by atoms with van der Waals surface area (Å²) >= 11 is 0.815. The molecular formula is C24H24N2O4S. The Labute approximate surface area is 186 Å². The fourth-order valence-corrected chi connectivity index (χ4v) is 3.77. The molecule has 7 heteroatoms. The van der Waals surface area contributed by atoms with Crippen molar-refractivity contribution in [3.8, 4) is 5.75 Å². The van der Waals surface area contributed by atoms with Crippen LogP contribution in [-0.4, -0.2) is 35.1 Å². The maximum atomic E-state index is 12.7. The predicted octanol–water partition coefficient (Wildman–Crippen LogP) is 5.05. The molecule has 1 heterocycles. The summed E-state index contributed by atoms with van der Waals surface area (Å²) in [6.07, 6.45) is 3.26. The lowest BCUT2D eigenvalue weighted by Crippen LogP contribution is -2.36. The lowest BCUT2D eigenvalue weighted by molar-refractivity contribution is -0.127. The van der Waals surface area contributed by atoms with Crippen LogP contribution in [0.2, 0.25) is 0 Å². The third-order valence-electron chi connectivity index (χ3n) is 4.56. The summed E-state index contributed by atoms with van der Waals surface area (Å²) in [5.74, 6) is 0.107. The minimum Gasteiger partial charge on any atom is -0.490 e. The van der Waals surface area contributed by atoms with Crippen molar-refractivity contribution in [2.75, 3.05) is 18.5 Å². The highest BCUT2D eigenvalue weighted by molar-refractivity contribution is 8.18. The Kier molecular flexibility index (Phi) is 7.31. The highest BCUT2D eigenvalue weighted by Crippen LogP contribution is 2.32. The van der Waals surface area contributed by atoms with Gasteiger partial charge < -0.3 is 10.1 Å². The van der Waals surface area contributed by atoms with Crippen molar-refractivity contribution in [1.29, 1.82) is 0 Å². The van der Waals surface area contributed by atoms with Crippen LogP contribution >= 0.6 is 11.8 Å². The Balaban J connectivity index is 1.65. The summed E-state index contributed by atoms with van der Waals surface area (Å²) in [5, 5.41) is 2.26. The summed E-state index contributed by atoms with van der Waals surface area (Å²) in [7, 11) is 0. The topological polar surface area (TPSA) is 75.7 Å². The summed E-state index contributed by atoms with van der Waals surface area (Å²) in [6.45, 7) is 7.82. The summed E-state index contributed by atoms with van der Waals surface area (Å²) in [5.41, 5.74) is 2.50. The molecule has 160 valence electrons. The van der Waals surface area contributed by atoms with Gasteiger partial charge in [0.1, 0.15) is 18.9 Å². The van der Waals surface area contributed by atoms with Gasteiger partial charge in [0.25, 0.3) is 11.1 Å². The van der Waals surface area contributed by atoms with E-state index in [1.807, 2.05) is 30.3 Å². The smallest absolute Gasteiger partial charge is 0.294 e. The first-order valence-electron chi connectivity index (χ1n) is 9.86. The van der Waals surface area contributed by atoms with Crippen LogP contribution in [0.3, 0.4) is 0 Å². The van der Waals surface area contributed by atoms with Crippen LogP contribution in [0.15, 0.2) is 66.1 Å². The van der Waals surface area contributed by atoms with Gasteiger partial charge in [-0.2, -0.15) is 0 Å². The van der Waals surface area contributed by atoms with Crippen molar-refractivity contribution >= 4 is 40.6 Å². The van der Waals surface area contributed by atoms with Crippen LogP contribution in [-0.2, 0) is 9.59 Å². The number of rotatable bonds is 8. The zero-order chi connectivity index (χ0) is 22.4. The molecule has 0 bridgehead atoms. The Morgan fingerprint density at radius 3 is 2.61 bits per heavy atom. The lowest BCUT2D eigenvalue weighted by Gasteiger charge is -2.13. The molecule has 31 heavy (non-hydrogen) atoms. The molecule has 1 aliphatic rings. The number of imide groups is 1. The predicted molar refractivity (Wildman–Crippen MR) is 124 cm³/mol. The molecule has 0 aromatic heterocycles. The van der Waals surface area contributed by atoms with Gasteiger partial charge in [-0.25, -0.2) is 0 Å². The Hall–Kier alpha value is -3.32. The van der Waals surface area contributed by atoms with Gasteiger partial charge in [-0.05, 0) is 59.1 Å². The summed E-state index contributed by atoms with van der Waals surface area (Å²) < 4.78 is 5.49. The van der Waals surface area contributed by atoms with Crippen LogP contribution in [0.1, 0.15) is 30.9 Å². The Morgan fingerprint density at radius 1 is 1.19 bits per heavy atom. The highest BCUT2D eigenvalue weighted by Gasteiger charge is 2.36. The number of thioether (sulfide) groups is 1. The van der Waals surface area contributed by atoms with Crippen molar-refractivity contribution < 1.29 is 19.1 Å². The van der Waals surface area contributed by atoms with Gasteiger partial charge in [-0.15, -0.1) is 0 Å². The van der Waals surface area contributed by atoms with Crippen LogP contribution in [0.5, 0.6) is 5.75 Å². The summed E-state index contributed by atoms with van der Waals surface area (Å²) in [6, 6.07) is 14.7. The fraction of sp³-hybridized carbons (Fsp3) is 0.208. The van der Waals surface area contributed by atoms with E-state index < -0.39 is 17.1 Å².